The summed E-state index contributed by atoms with van der Waals surface area (Å²) in [5.41, 5.74) is 1.93. The van der Waals surface area contributed by atoms with Gasteiger partial charge < -0.3 is 10.1 Å². The number of nitrogens with zero attached hydrogens (tertiary/aromatic N) is 1. The number of hydrogen-bond acceptors (Lipinski definition) is 5. The van der Waals surface area contributed by atoms with Crippen molar-refractivity contribution in [3.05, 3.63) is 0 Å². The second kappa shape index (κ2) is 6.90. The summed E-state index contributed by atoms with van der Waals surface area (Å²) >= 11 is 0. The van der Waals surface area contributed by atoms with Crippen LogP contribution in [0.1, 0.15) is 13.8 Å². The van der Waals surface area contributed by atoms with Gasteiger partial charge in [-0.15, -0.1) is 0 Å². The molecule has 0 aliphatic carbocycles. The van der Waals surface area contributed by atoms with Gasteiger partial charge in [-0.3, -0.25) is 14.5 Å². The fourth-order valence-corrected chi connectivity index (χ4v) is 1.73. The summed E-state index contributed by atoms with van der Waals surface area (Å²) in [5, 5.41) is 3.26. The number of nitrogens with one attached hydrogen (secondary N) is 2. The van der Waals surface area contributed by atoms with Crippen molar-refractivity contribution in [2.24, 2.45) is 0 Å². The quantitative estimate of drug-likeness (QED) is 0.482. The van der Waals surface area contributed by atoms with Crippen molar-refractivity contribution in [3.63, 3.8) is 0 Å². The average Bonchev–Trinajstić information content (AvgIpc) is 2.35. The largest absolute Gasteiger partial charge is 0.382 e. The van der Waals surface area contributed by atoms with E-state index in [1.165, 1.54) is 0 Å². The number of ether oxygens (including phenoxy) is 1. The first-order valence-corrected chi connectivity index (χ1v) is 5.96. The predicted molar refractivity (Wildman–Crippen MR) is 64.5 cm³/mol. The molecule has 0 aromatic carbocycles. The van der Waals surface area contributed by atoms with Crippen LogP contribution in [0.3, 0.4) is 0 Å². The van der Waals surface area contributed by atoms with E-state index in [0.717, 1.165) is 26.2 Å². The molecule has 6 heteroatoms. The first-order chi connectivity index (χ1) is 8.09. The van der Waals surface area contributed by atoms with Gasteiger partial charge in [0.15, 0.2) is 0 Å². The summed E-state index contributed by atoms with van der Waals surface area (Å²) in [4.78, 5) is 19.2. The highest BCUT2D eigenvalue weighted by Gasteiger charge is 2.35. The van der Waals surface area contributed by atoms with Gasteiger partial charge >= 0.3 is 0 Å². The molecular weight excluding hydrogens is 222 g/mol. The Labute approximate surface area is 103 Å². The number of hydrogen-bond donors (Lipinski definition) is 2. The van der Waals surface area contributed by atoms with Crippen LogP contribution < -0.4 is 10.8 Å². The molecule has 0 saturated carbocycles. The van der Waals surface area contributed by atoms with Crippen molar-refractivity contribution < 1.29 is 14.4 Å². The Morgan fingerprint density at radius 2 is 2.00 bits per heavy atom. The Balaban J connectivity index is 2.36. The van der Waals surface area contributed by atoms with Crippen molar-refractivity contribution in [1.82, 2.24) is 15.7 Å². The van der Waals surface area contributed by atoms with Gasteiger partial charge in [0.2, 0.25) is 0 Å². The SMILES string of the molecule is COCCONC(=O)C(C)(C)N1CCNCC1. The molecule has 1 saturated heterocycles. The first kappa shape index (κ1) is 14.4. The molecule has 0 aromatic heterocycles. The van der Waals surface area contributed by atoms with Gasteiger partial charge in [-0.05, 0) is 13.8 Å². The lowest BCUT2D eigenvalue weighted by Gasteiger charge is -2.39. The third kappa shape index (κ3) is 4.23. The van der Waals surface area contributed by atoms with Crippen molar-refractivity contribution in [2.45, 2.75) is 19.4 Å². The van der Waals surface area contributed by atoms with E-state index in [-0.39, 0.29) is 5.91 Å². The zero-order chi connectivity index (χ0) is 12.7. The molecule has 0 radical (unpaired) electrons. The zero-order valence-electron chi connectivity index (χ0n) is 10.9. The normalized spacial score (nSPS) is 18.1. The molecule has 0 bridgehead atoms. The highest BCUT2D eigenvalue weighted by Crippen LogP contribution is 2.14. The fourth-order valence-electron chi connectivity index (χ4n) is 1.73. The van der Waals surface area contributed by atoms with E-state index in [0.29, 0.717) is 13.2 Å². The number of carbonyl (C=O) groups is 1. The molecule has 0 unspecified atom stereocenters. The van der Waals surface area contributed by atoms with Crippen LogP contribution in [0.25, 0.3) is 0 Å². The Bertz CT molecular complexity index is 240. The lowest BCUT2D eigenvalue weighted by molar-refractivity contribution is -0.146. The maximum Gasteiger partial charge on any atom is 0.263 e. The van der Waals surface area contributed by atoms with E-state index in [4.69, 9.17) is 9.57 Å². The van der Waals surface area contributed by atoms with E-state index >= 15 is 0 Å². The van der Waals surface area contributed by atoms with Gasteiger partial charge in [0, 0.05) is 33.3 Å². The minimum Gasteiger partial charge on any atom is -0.382 e. The molecule has 1 aliphatic heterocycles. The van der Waals surface area contributed by atoms with Crippen LogP contribution in [-0.4, -0.2) is 62.8 Å². The Hall–Kier alpha value is -0.690. The van der Waals surface area contributed by atoms with Crippen LogP contribution >= 0.6 is 0 Å². The van der Waals surface area contributed by atoms with E-state index in [2.05, 4.69) is 15.7 Å². The molecular formula is C11H23N3O3. The molecule has 100 valence electrons. The van der Waals surface area contributed by atoms with Crippen LogP contribution in [0.15, 0.2) is 0 Å². The standard InChI is InChI=1S/C11H23N3O3/c1-11(2,14-6-4-12-5-7-14)10(15)13-17-9-8-16-3/h12H,4-9H2,1-3H3,(H,13,15). The van der Waals surface area contributed by atoms with Crippen molar-refractivity contribution in [1.29, 1.82) is 0 Å². The number of hydroxylamine groups is 1. The maximum atomic E-state index is 12.0. The van der Waals surface area contributed by atoms with Crippen LogP contribution in [0.2, 0.25) is 0 Å². The molecule has 0 spiro atoms. The first-order valence-electron chi connectivity index (χ1n) is 5.96. The van der Waals surface area contributed by atoms with Gasteiger partial charge in [-0.1, -0.05) is 0 Å². The molecule has 1 rings (SSSR count). The lowest BCUT2D eigenvalue weighted by atomic mass is 10.0. The summed E-state index contributed by atoms with van der Waals surface area (Å²) in [6.07, 6.45) is 0. The van der Waals surface area contributed by atoms with Crippen LogP contribution in [-0.2, 0) is 14.4 Å². The average molecular weight is 245 g/mol. The zero-order valence-corrected chi connectivity index (χ0v) is 10.9. The van der Waals surface area contributed by atoms with Crippen molar-refractivity contribution in [3.8, 4) is 0 Å². The van der Waals surface area contributed by atoms with E-state index < -0.39 is 5.54 Å². The summed E-state index contributed by atoms with van der Waals surface area (Å²) < 4.78 is 4.83. The predicted octanol–water partition coefficient (Wildman–Crippen LogP) is -0.636. The third-order valence-corrected chi connectivity index (χ3v) is 3.02. The van der Waals surface area contributed by atoms with Gasteiger partial charge in [0.25, 0.3) is 5.91 Å². The van der Waals surface area contributed by atoms with Gasteiger partial charge in [0.1, 0.15) is 0 Å². The van der Waals surface area contributed by atoms with Crippen LogP contribution in [0.5, 0.6) is 0 Å². The number of rotatable bonds is 6. The van der Waals surface area contributed by atoms with E-state index in [1.54, 1.807) is 7.11 Å². The maximum absolute atomic E-state index is 12.0. The second-order valence-electron chi connectivity index (χ2n) is 4.57. The minimum atomic E-state index is -0.546. The Kier molecular flexibility index (Phi) is 5.84. The molecule has 1 aliphatic rings. The summed E-state index contributed by atoms with van der Waals surface area (Å²) in [7, 11) is 1.59. The molecule has 0 atom stereocenters. The van der Waals surface area contributed by atoms with Crippen molar-refractivity contribution >= 4 is 5.91 Å². The fraction of sp³-hybridized carbons (Fsp3) is 0.909. The second-order valence-corrected chi connectivity index (χ2v) is 4.57. The van der Waals surface area contributed by atoms with E-state index in [9.17, 15) is 4.79 Å². The molecule has 1 heterocycles. The number of amides is 1. The highest BCUT2D eigenvalue weighted by atomic mass is 16.7. The van der Waals surface area contributed by atoms with Crippen molar-refractivity contribution in [2.75, 3.05) is 46.5 Å². The van der Waals surface area contributed by atoms with E-state index in [1.807, 2.05) is 13.8 Å². The molecule has 1 fully saturated rings. The molecule has 0 aromatic rings. The minimum absolute atomic E-state index is 0.115. The van der Waals surface area contributed by atoms with Gasteiger partial charge in [0.05, 0.1) is 18.8 Å². The Morgan fingerprint density at radius 1 is 1.35 bits per heavy atom. The molecule has 2 N–H and O–H groups in total. The number of piperazine rings is 1. The summed E-state index contributed by atoms with van der Waals surface area (Å²) in [6, 6.07) is 0. The van der Waals surface area contributed by atoms with Gasteiger partial charge in [-0.2, -0.15) is 0 Å². The summed E-state index contributed by atoms with van der Waals surface area (Å²) in [5.74, 6) is -0.115. The van der Waals surface area contributed by atoms with Crippen LogP contribution in [0, 0.1) is 0 Å². The number of carbonyl (C=O) groups excluding carboxylic acids is 1. The number of methoxy groups -OCH3 is 1. The molecule has 6 nitrogen and oxygen atoms in total. The smallest absolute Gasteiger partial charge is 0.263 e. The van der Waals surface area contributed by atoms with Crippen LogP contribution in [0.4, 0.5) is 0 Å². The molecule has 1 amide bonds. The molecule has 17 heavy (non-hydrogen) atoms. The van der Waals surface area contributed by atoms with Gasteiger partial charge in [-0.25, -0.2) is 5.48 Å². The monoisotopic (exact) mass is 245 g/mol. The third-order valence-electron chi connectivity index (χ3n) is 3.02. The lowest BCUT2D eigenvalue weighted by Crippen LogP contribution is -2.60. The highest BCUT2D eigenvalue weighted by molar-refractivity contribution is 5.84. The Morgan fingerprint density at radius 3 is 2.59 bits per heavy atom. The summed E-state index contributed by atoms with van der Waals surface area (Å²) in [6.45, 7) is 8.23. The topological polar surface area (TPSA) is 62.8 Å².